The summed E-state index contributed by atoms with van der Waals surface area (Å²) >= 11 is 0. The van der Waals surface area contributed by atoms with Crippen LogP contribution in [0.3, 0.4) is 0 Å². The summed E-state index contributed by atoms with van der Waals surface area (Å²) < 4.78 is 0. The van der Waals surface area contributed by atoms with Crippen LogP contribution < -0.4 is 11.1 Å². The minimum atomic E-state index is -0.555. The molecule has 0 radical (unpaired) electrons. The van der Waals surface area contributed by atoms with Crippen LogP contribution in [-0.2, 0) is 4.79 Å². The maximum Gasteiger partial charge on any atom is 0.231 e. The van der Waals surface area contributed by atoms with E-state index in [0.717, 1.165) is 6.42 Å². The summed E-state index contributed by atoms with van der Waals surface area (Å²) in [7, 11) is 0. The summed E-state index contributed by atoms with van der Waals surface area (Å²) in [4.78, 5) is 12.2. The normalized spacial score (nSPS) is 20.5. The van der Waals surface area contributed by atoms with Gasteiger partial charge in [0.05, 0.1) is 0 Å². The molecule has 1 saturated carbocycles. The first-order chi connectivity index (χ1) is 8.95. The molecule has 110 valence electrons. The fraction of sp³-hybridized carbons (Fsp3) is 0.857. The summed E-state index contributed by atoms with van der Waals surface area (Å²) in [5.41, 5.74) is 5.86. The first-order valence-corrected chi connectivity index (χ1v) is 7.21. The van der Waals surface area contributed by atoms with Crippen LogP contribution in [0.2, 0.25) is 0 Å². The van der Waals surface area contributed by atoms with Gasteiger partial charge in [-0.2, -0.15) is 0 Å². The number of hydrogen-bond donors (Lipinski definition) is 3. The van der Waals surface area contributed by atoms with E-state index in [2.05, 4.69) is 17.4 Å². The number of carbonyl (C=O) groups is 1. The largest absolute Gasteiger partial charge is 0.409 e. The van der Waals surface area contributed by atoms with Gasteiger partial charge in [0.25, 0.3) is 0 Å². The summed E-state index contributed by atoms with van der Waals surface area (Å²) in [5, 5.41) is 14.7. The molecule has 0 aromatic heterocycles. The summed E-state index contributed by atoms with van der Waals surface area (Å²) in [6, 6.07) is 0. The molecule has 1 aliphatic carbocycles. The van der Waals surface area contributed by atoms with Gasteiger partial charge in [-0.3, -0.25) is 4.79 Å². The second-order valence-electron chi connectivity index (χ2n) is 6.03. The van der Waals surface area contributed by atoms with Gasteiger partial charge >= 0.3 is 0 Å². The van der Waals surface area contributed by atoms with Gasteiger partial charge in [0.2, 0.25) is 5.91 Å². The molecule has 1 rings (SSSR count). The molecule has 5 heteroatoms. The lowest BCUT2D eigenvalue weighted by Crippen LogP contribution is -2.45. The molecule has 1 atom stereocenters. The van der Waals surface area contributed by atoms with Crippen molar-refractivity contribution in [3.63, 3.8) is 0 Å². The molecule has 0 saturated heterocycles. The molecule has 0 spiro atoms. The van der Waals surface area contributed by atoms with Crippen molar-refractivity contribution >= 4 is 11.7 Å². The van der Waals surface area contributed by atoms with Crippen molar-refractivity contribution in [2.75, 3.05) is 6.54 Å². The first kappa shape index (κ1) is 15.8. The Labute approximate surface area is 115 Å². The first-order valence-electron chi connectivity index (χ1n) is 7.21. The Morgan fingerprint density at radius 3 is 2.42 bits per heavy atom. The minimum Gasteiger partial charge on any atom is -0.409 e. The Morgan fingerprint density at radius 2 is 2.00 bits per heavy atom. The monoisotopic (exact) mass is 269 g/mol. The van der Waals surface area contributed by atoms with Crippen molar-refractivity contribution in [2.24, 2.45) is 28.1 Å². The zero-order valence-electron chi connectivity index (χ0n) is 12.3. The van der Waals surface area contributed by atoms with E-state index < -0.39 is 5.92 Å². The third kappa shape index (κ3) is 3.85. The van der Waals surface area contributed by atoms with Gasteiger partial charge < -0.3 is 16.3 Å². The van der Waals surface area contributed by atoms with E-state index in [-0.39, 0.29) is 23.1 Å². The predicted octanol–water partition coefficient (Wildman–Crippen LogP) is 2.09. The summed E-state index contributed by atoms with van der Waals surface area (Å²) in [6.07, 6.45) is 5.94. The second-order valence-corrected chi connectivity index (χ2v) is 6.03. The van der Waals surface area contributed by atoms with E-state index in [4.69, 9.17) is 10.9 Å². The van der Waals surface area contributed by atoms with Crippen LogP contribution in [0, 0.1) is 17.3 Å². The lowest BCUT2D eigenvalue weighted by Gasteiger charge is -2.29. The van der Waals surface area contributed by atoms with Gasteiger partial charge in [0.1, 0.15) is 5.92 Å². The SMILES string of the molecule is CCC1(CNC(=O)C(C(N)=NO)C(C)C)CCCC1. The van der Waals surface area contributed by atoms with Gasteiger partial charge in [-0.25, -0.2) is 0 Å². The number of nitrogens with zero attached hydrogens (tertiary/aromatic N) is 1. The average Bonchev–Trinajstić information content (AvgIpc) is 2.85. The van der Waals surface area contributed by atoms with E-state index in [1.165, 1.54) is 25.7 Å². The van der Waals surface area contributed by atoms with E-state index in [9.17, 15) is 4.79 Å². The van der Waals surface area contributed by atoms with Gasteiger partial charge in [-0.05, 0) is 30.6 Å². The Balaban J connectivity index is 2.62. The summed E-state index contributed by atoms with van der Waals surface area (Å²) in [5.74, 6) is -0.688. The van der Waals surface area contributed by atoms with E-state index in [1.807, 2.05) is 13.8 Å². The molecule has 1 amide bonds. The van der Waals surface area contributed by atoms with Crippen LogP contribution in [0.15, 0.2) is 5.16 Å². The van der Waals surface area contributed by atoms with Crippen molar-refractivity contribution in [1.29, 1.82) is 0 Å². The zero-order valence-corrected chi connectivity index (χ0v) is 12.3. The van der Waals surface area contributed by atoms with E-state index >= 15 is 0 Å². The topological polar surface area (TPSA) is 87.7 Å². The molecule has 4 N–H and O–H groups in total. The Kier molecular flexibility index (Phi) is 5.63. The predicted molar refractivity (Wildman–Crippen MR) is 75.9 cm³/mol. The van der Waals surface area contributed by atoms with E-state index in [1.54, 1.807) is 0 Å². The third-order valence-corrected chi connectivity index (χ3v) is 4.44. The molecule has 5 nitrogen and oxygen atoms in total. The lowest BCUT2D eigenvalue weighted by atomic mass is 9.83. The van der Waals surface area contributed by atoms with Crippen molar-refractivity contribution in [1.82, 2.24) is 5.32 Å². The lowest BCUT2D eigenvalue weighted by molar-refractivity contribution is -0.124. The number of amidine groups is 1. The molecule has 1 fully saturated rings. The molecule has 0 aromatic carbocycles. The average molecular weight is 269 g/mol. The Bertz CT molecular complexity index is 334. The van der Waals surface area contributed by atoms with Crippen molar-refractivity contribution in [3.8, 4) is 0 Å². The fourth-order valence-corrected chi connectivity index (χ4v) is 3.01. The standard InChI is InChI=1S/C14H27N3O2/c1-4-14(7-5-6-8-14)9-16-13(18)11(10(2)3)12(15)17-19/h10-11,19H,4-9H2,1-3H3,(H2,15,17)(H,16,18). The van der Waals surface area contributed by atoms with Crippen LogP contribution in [0.25, 0.3) is 0 Å². The maximum absolute atomic E-state index is 12.2. The van der Waals surface area contributed by atoms with Crippen LogP contribution in [0.4, 0.5) is 0 Å². The van der Waals surface area contributed by atoms with Gasteiger partial charge in [-0.15, -0.1) is 0 Å². The maximum atomic E-state index is 12.2. The number of oxime groups is 1. The van der Waals surface area contributed by atoms with Crippen LogP contribution >= 0.6 is 0 Å². The smallest absolute Gasteiger partial charge is 0.231 e. The molecule has 0 bridgehead atoms. The van der Waals surface area contributed by atoms with Crippen molar-refractivity contribution in [2.45, 2.75) is 52.9 Å². The van der Waals surface area contributed by atoms with Crippen molar-refractivity contribution < 1.29 is 10.0 Å². The van der Waals surface area contributed by atoms with Gasteiger partial charge in [0.15, 0.2) is 5.84 Å². The van der Waals surface area contributed by atoms with Crippen LogP contribution in [0.1, 0.15) is 52.9 Å². The number of nitrogens with two attached hydrogens (primary N) is 1. The molecular formula is C14H27N3O2. The Morgan fingerprint density at radius 1 is 1.42 bits per heavy atom. The molecule has 0 aliphatic heterocycles. The summed E-state index contributed by atoms with van der Waals surface area (Å²) in [6.45, 7) is 6.67. The number of rotatable bonds is 6. The van der Waals surface area contributed by atoms with Gasteiger partial charge in [-0.1, -0.05) is 38.8 Å². The zero-order chi connectivity index (χ0) is 14.5. The highest BCUT2D eigenvalue weighted by atomic mass is 16.4. The Hall–Kier alpha value is -1.26. The molecule has 0 aromatic rings. The number of amides is 1. The minimum absolute atomic E-state index is 0.00975. The quantitative estimate of drug-likeness (QED) is 0.298. The molecule has 1 aliphatic rings. The molecule has 0 heterocycles. The highest BCUT2D eigenvalue weighted by Crippen LogP contribution is 2.40. The third-order valence-electron chi connectivity index (χ3n) is 4.44. The van der Waals surface area contributed by atoms with Gasteiger partial charge in [0, 0.05) is 6.54 Å². The highest BCUT2D eigenvalue weighted by molar-refractivity contribution is 6.02. The fourth-order valence-electron chi connectivity index (χ4n) is 3.01. The van der Waals surface area contributed by atoms with Crippen LogP contribution in [-0.4, -0.2) is 23.5 Å². The highest BCUT2D eigenvalue weighted by Gasteiger charge is 2.34. The van der Waals surface area contributed by atoms with Crippen molar-refractivity contribution in [3.05, 3.63) is 0 Å². The van der Waals surface area contributed by atoms with E-state index in [0.29, 0.717) is 6.54 Å². The second kappa shape index (κ2) is 6.78. The number of hydrogen-bond acceptors (Lipinski definition) is 3. The molecule has 19 heavy (non-hydrogen) atoms. The number of nitrogens with one attached hydrogen (secondary N) is 1. The molecule has 1 unspecified atom stereocenters. The molecular weight excluding hydrogens is 242 g/mol. The van der Waals surface area contributed by atoms with Crippen LogP contribution in [0.5, 0.6) is 0 Å². The number of carbonyl (C=O) groups excluding carboxylic acids is 1.